The molecule has 0 aliphatic rings. The minimum absolute atomic E-state index is 0.0258. The average molecular weight is 374 g/mol. The molecule has 27 heavy (non-hydrogen) atoms. The Morgan fingerprint density at radius 3 is 2.37 bits per heavy atom. The lowest BCUT2D eigenvalue weighted by Gasteiger charge is -2.07. The van der Waals surface area contributed by atoms with Crippen molar-refractivity contribution in [1.29, 1.82) is 0 Å². The summed E-state index contributed by atoms with van der Waals surface area (Å²) in [4.78, 5) is 16.0. The molecule has 1 N–H and O–H groups in total. The van der Waals surface area contributed by atoms with E-state index in [1.165, 1.54) is 12.1 Å². The molecule has 0 aliphatic heterocycles. The van der Waals surface area contributed by atoms with Crippen LogP contribution >= 0.6 is 0 Å². The number of amides is 1. The van der Waals surface area contributed by atoms with Gasteiger partial charge >= 0.3 is 6.18 Å². The topological polar surface area (TPSA) is 59.8 Å². The lowest BCUT2D eigenvalue weighted by molar-refractivity contribution is -0.137. The van der Waals surface area contributed by atoms with Crippen LogP contribution in [0.2, 0.25) is 0 Å². The summed E-state index contributed by atoms with van der Waals surface area (Å²) in [6.07, 6.45) is 1.58. The summed E-state index contributed by atoms with van der Waals surface area (Å²) in [6, 6.07) is 10.1. The van der Waals surface area contributed by atoms with Gasteiger partial charge in [0.25, 0.3) is 0 Å². The van der Waals surface area contributed by atoms with Gasteiger partial charge in [0.2, 0.25) is 5.91 Å². The smallest absolute Gasteiger partial charge is 0.309 e. The van der Waals surface area contributed by atoms with Gasteiger partial charge in [0.15, 0.2) is 5.82 Å². The van der Waals surface area contributed by atoms with Crippen molar-refractivity contribution in [3.8, 4) is 0 Å². The van der Waals surface area contributed by atoms with E-state index in [1.807, 2.05) is 12.1 Å². The Labute approximate surface area is 153 Å². The minimum atomic E-state index is -4.39. The Hall–Kier alpha value is -3.16. The summed E-state index contributed by atoms with van der Waals surface area (Å²) in [5.41, 5.74) is 0.894. The molecular weight excluding hydrogens is 357 g/mol. The van der Waals surface area contributed by atoms with E-state index in [0.717, 1.165) is 24.1 Å². The van der Waals surface area contributed by atoms with E-state index in [9.17, 15) is 18.0 Å². The van der Waals surface area contributed by atoms with Crippen molar-refractivity contribution < 1.29 is 18.0 Å². The highest BCUT2D eigenvalue weighted by Crippen LogP contribution is 2.29. The van der Waals surface area contributed by atoms with Gasteiger partial charge in [-0.05, 0) is 41.8 Å². The minimum Gasteiger partial charge on any atom is -0.309 e. The molecule has 2 heterocycles. The molecule has 3 aromatic rings. The van der Waals surface area contributed by atoms with Crippen molar-refractivity contribution in [3.05, 3.63) is 77.7 Å². The number of hydrogen-bond donors (Lipinski definition) is 1. The van der Waals surface area contributed by atoms with Crippen LogP contribution in [-0.4, -0.2) is 20.7 Å². The summed E-state index contributed by atoms with van der Waals surface area (Å²) in [7, 11) is 0. The molecule has 0 unspecified atom stereocenters. The molecule has 2 aromatic heterocycles. The number of aromatic nitrogens is 3. The number of anilines is 1. The number of alkyl halides is 3. The fraction of sp³-hybridized carbons (Fsp3) is 0.211. The number of halogens is 3. The summed E-state index contributed by atoms with van der Waals surface area (Å²) in [6.45, 7) is 0.652. The van der Waals surface area contributed by atoms with Crippen molar-refractivity contribution in [3.63, 3.8) is 0 Å². The normalized spacial score (nSPS) is 11.4. The van der Waals surface area contributed by atoms with E-state index in [2.05, 4.69) is 15.4 Å². The highest BCUT2D eigenvalue weighted by Gasteiger charge is 2.29. The summed E-state index contributed by atoms with van der Waals surface area (Å²) < 4.78 is 39.4. The van der Waals surface area contributed by atoms with Crippen molar-refractivity contribution in [2.45, 2.75) is 25.6 Å². The summed E-state index contributed by atoms with van der Waals surface area (Å²) in [5.74, 6) is 0.0655. The van der Waals surface area contributed by atoms with Gasteiger partial charge in [0.05, 0.1) is 12.0 Å². The molecule has 5 nitrogen and oxygen atoms in total. The first-order chi connectivity index (χ1) is 12.9. The third-order valence-corrected chi connectivity index (χ3v) is 3.93. The predicted molar refractivity (Wildman–Crippen MR) is 93.9 cm³/mol. The van der Waals surface area contributed by atoms with Crippen LogP contribution in [0, 0.1) is 0 Å². The SMILES string of the molecule is O=C(Cc1ccc(C(F)(F)F)cc1)Nc1ccn(CCc2ccncc2)n1. The van der Waals surface area contributed by atoms with E-state index >= 15 is 0 Å². The molecule has 0 fully saturated rings. The zero-order valence-electron chi connectivity index (χ0n) is 14.3. The number of carbonyl (C=O) groups excluding carboxylic acids is 1. The lowest BCUT2D eigenvalue weighted by Crippen LogP contribution is -2.15. The van der Waals surface area contributed by atoms with Crippen LogP contribution < -0.4 is 5.32 Å². The van der Waals surface area contributed by atoms with Gasteiger partial charge in [-0.25, -0.2) is 0 Å². The molecule has 0 saturated heterocycles. The Bertz CT molecular complexity index is 889. The molecule has 1 amide bonds. The van der Waals surface area contributed by atoms with Crippen LogP contribution in [-0.2, 0) is 30.4 Å². The molecule has 0 radical (unpaired) electrons. The summed E-state index contributed by atoms with van der Waals surface area (Å²) in [5, 5.41) is 6.92. The standard InChI is InChI=1S/C19H17F3N4O/c20-19(21,22)16-3-1-15(2-4-16)13-18(27)24-17-8-12-26(25-17)11-7-14-5-9-23-10-6-14/h1-6,8-10,12H,7,11,13H2,(H,24,25,27). The molecule has 0 saturated carbocycles. The van der Waals surface area contributed by atoms with Crippen molar-refractivity contribution >= 4 is 11.7 Å². The molecule has 0 spiro atoms. The van der Waals surface area contributed by atoms with Gasteiger partial charge < -0.3 is 5.32 Å². The second-order valence-corrected chi connectivity index (χ2v) is 5.99. The Balaban J connectivity index is 1.52. The Kier molecular flexibility index (Phi) is 5.54. The molecule has 0 atom stereocenters. The molecule has 1 aromatic carbocycles. The fourth-order valence-electron chi connectivity index (χ4n) is 2.53. The van der Waals surface area contributed by atoms with E-state index in [1.54, 1.807) is 29.3 Å². The van der Waals surface area contributed by atoms with Gasteiger partial charge in [-0.1, -0.05) is 12.1 Å². The number of pyridine rings is 1. The van der Waals surface area contributed by atoms with Gasteiger partial charge in [0.1, 0.15) is 0 Å². The quantitative estimate of drug-likeness (QED) is 0.715. The number of rotatable bonds is 6. The van der Waals surface area contributed by atoms with Crippen LogP contribution in [0.15, 0.2) is 61.1 Å². The van der Waals surface area contributed by atoms with Gasteiger partial charge in [-0.3, -0.25) is 14.5 Å². The Morgan fingerprint density at radius 1 is 1.00 bits per heavy atom. The largest absolute Gasteiger partial charge is 0.416 e. The molecule has 0 aliphatic carbocycles. The molecule has 3 rings (SSSR count). The molecule has 140 valence electrons. The number of aryl methyl sites for hydroxylation is 2. The van der Waals surface area contributed by atoms with Gasteiger partial charge in [-0.15, -0.1) is 0 Å². The fourth-order valence-corrected chi connectivity index (χ4v) is 2.53. The highest BCUT2D eigenvalue weighted by atomic mass is 19.4. The number of nitrogens with zero attached hydrogens (tertiary/aromatic N) is 3. The number of nitrogens with one attached hydrogen (secondary N) is 1. The third-order valence-electron chi connectivity index (χ3n) is 3.93. The van der Waals surface area contributed by atoms with Gasteiger partial charge in [-0.2, -0.15) is 18.3 Å². The monoisotopic (exact) mass is 374 g/mol. The van der Waals surface area contributed by atoms with Crippen LogP contribution in [0.4, 0.5) is 19.0 Å². The predicted octanol–water partition coefficient (Wildman–Crippen LogP) is 3.72. The van der Waals surface area contributed by atoms with E-state index in [-0.39, 0.29) is 12.3 Å². The number of benzene rings is 1. The molecular formula is C19H17F3N4O. The second kappa shape index (κ2) is 8.03. The summed E-state index contributed by atoms with van der Waals surface area (Å²) >= 11 is 0. The average Bonchev–Trinajstić information content (AvgIpc) is 3.08. The maximum Gasteiger partial charge on any atom is 0.416 e. The van der Waals surface area contributed by atoms with E-state index in [0.29, 0.717) is 17.9 Å². The highest BCUT2D eigenvalue weighted by molar-refractivity contribution is 5.91. The molecule has 0 bridgehead atoms. The number of hydrogen-bond acceptors (Lipinski definition) is 3. The third kappa shape index (κ3) is 5.40. The van der Waals surface area contributed by atoms with E-state index < -0.39 is 11.7 Å². The maximum absolute atomic E-state index is 12.6. The zero-order valence-corrected chi connectivity index (χ0v) is 14.3. The number of carbonyl (C=O) groups is 1. The molecule has 8 heteroatoms. The second-order valence-electron chi connectivity index (χ2n) is 5.99. The van der Waals surface area contributed by atoms with Crippen molar-refractivity contribution in [2.24, 2.45) is 0 Å². The van der Waals surface area contributed by atoms with Gasteiger partial charge in [0, 0.05) is 31.2 Å². The Morgan fingerprint density at radius 2 is 1.70 bits per heavy atom. The first-order valence-corrected chi connectivity index (χ1v) is 8.28. The van der Waals surface area contributed by atoms with E-state index in [4.69, 9.17) is 0 Å². The zero-order chi connectivity index (χ0) is 19.3. The first kappa shape index (κ1) is 18.6. The van der Waals surface area contributed by atoms with Crippen LogP contribution in [0.25, 0.3) is 0 Å². The van der Waals surface area contributed by atoms with Crippen LogP contribution in [0.5, 0.6) is 0 Å². The maximum atomic E-state index is 12.6. The van der Waals surface area contributed by atoms with Crippen molar-refractivity contribution in [1.82, 2.24) is 14.8 Å². The van der Waals surface area contributed by atoms with Crippen LogP contribution in [0.1, 0.15) is 16.7 Å². The lowest BCUT2D eigenvalue weighted by atomic mass is 10.1. The first-order valence-electron chi connectivity index (χ1n) is 8.28. The van der Waals surface area contributed by atoms with Crippen molar-refractivity contribution in [2.75, 3.05) is 5.32 Å². The van der Waals surface area contributed by atoms with Crippen LogP contribution in [0.3, 0.4) is 0 Å².